The van der Waals surface area contributed by atoms with Gasteiger partial charge in [0.15, 0.2) is 0 Å². The van der Waals surface area contributed by atoms with Gasteiger partial charge in [0.2, 0.25) is 0 Å². The van der Waals surface area contributed by atoms with Gasteiger partial charge in [0.25, 0.3) is 0 Å². The van der Waals surface area contributed by atoms with Gasteiger partial charge in [0, 0.05) is 42.0 Å². The van der Waals surface area contributed by atoms with Crippen molar-refractivity contribution in [1.29, 1.82) is 0 Å². The normalized spacial score (nSPS) is 12.3. The summed E-state index contributed by atoms with van der Waals surface area (Å²) in [4.78, 5) is 10.3. The van der Waals surface area contributed by atoms with E-state index in [1.54, 1.807) is 0 Å². The van der Waals surface area contributed by atoms with Gasteiger partial charge >= 0.3 is 5.97 Å². The number of aliphatic hydroxyl groups is 1. The molecule has 0 aliphatic heterocycles. The maximum atomic E-state index is 10.3. The molecule has 0 rings (SSSR count). The minimum Gasteiger partial charge on any atom is -0.481 e. The van der Waals surface area contributed by atoms with E-state index in [1.807, 2.05) is 0 Å². The van der Waals surface area contributed by atoms with Crippen molar-refractivity contribution in [2.24, 2.45) is 0 Å². The van der Waals surface area contributed by atoms with Crippen LogP contribution in [-0.2, 0) is 4.79 Å². The predicted octanol–water partition coefficient (Wildman–Crippen LogP) is 5.08. The number of carboxylic acids is 1. The Balaban J connectivity index is 0. The van der Waals surface area contributed by atoms with Gasteiger partial charge in [-0.2, -0.15) is 0 Å². The van der Waals surface area contributed by atoms with E-state index < -0.39 is 5.97 Å². The minimum absolute atomic E-state index is 0. The van der Waals surface area contributed by atoms with E-state index in [4.69, 9.17) is 5.11 Å². The van der Waals surface area contributed by atoms with Gasteiger partial charge in [-0.05, 0) is 32.1 Å². The Bertz CT molecular complexity index is 267. The monoisotopic (exact) mass is 437 g/mol. The van der Waals surface area contributed by atoms with Crippen LogP contribution < -0.4 is 0 Å². The average Bonchev–Trinajstić information content (AvgIpc) is 2.45. The first-order valence-corrected chi connectivity index (χ1v) is 8.71. The van der Waals surface area contributed by atoms with Gasteiger partial charge in [-0.25, -0.2) is 0 Å². The second-order valence-corrected chi connectivity index (χ2v) is 5.91. The van der Waals surface area contributed by atoms with Crippen LogP contribution >= 0.6 is 0 Å². The quantitative estimate of drug-likeness (QED) is 0.278. The summed E-state index contributed by atoms with van der Waals surface area (Å²) in [7, 11) is 0. The topological polar surface area (TPSA) is 57.5 Å². The van der Waals surface area contributed by atoms with Crippen LogP contribution in [0.3, 0.4) is 0 Å². The summed E-state index contributed by atoms with van der Waals surface area (Å²) in [5, 5.41) is 18.3. The molecule has 0 aliphatic carbocycles. The van der Waals surface area contributed by atoms with Crippen LogP contribution in [0.25, 0.3) is 0 Å². The summed E-state index contributed by atoms with van der Waals surface area (Å²) >= 11 is 0. The minimum atomic E-state index is -0.689. The average molecular weight is 437 g/mol. The Kier molecular flexibility index (Phi) is 21.7. The van der Waals surface area contributed by atoms with Crippen molar-refractivity contribution in [2.75, 3.05) is 0 Å². The van der Waals surface area contributed by atoms with Gasteiger partial charge in [0.05, 0.1) is 6.10 Å². The molecule has 2 N–H and O–H groups in total. The number of allylic oxidation sites excluding steroid dienone is 1. The van der Waals surface area contributed by atoms with E-state index in [-0.39, 0.29) is 41.7 Å². The van der Waals surface area contributed by atoms with Crippen molar-refractivity contribution in [3.63, 3.8) is 0 Å². The van der Waals surface area contributed by atoms with E-state index >= 15 is 0 Å². The predicted molar refractivity (Wildman–Crippen MR) is 88.5 cm³/mol. The Morgan fingerprint density at radius 3 is 2.27 bits per heavy atom. The fourth-order valence-electron chi connectivity index (χ4n) is 2.36. The number of carbonyl (C=O) groups is 1. The maximum Gasteiger partial charge on any atom is 0.303 e. The third-order valence-electron chi connectivity index (χ3n) is 3.73. The summed E-state index contributed by atoms with van der Waals surface area (Å²) in [6.45, 7) is 2.20. The molecule has 4 heteroatoms. The molecular formula is C18H34LaO3. The van der Waals surface area contributed by atoms with E-state index in [2.05, 4.69) is 19.1 Å². The summed E-state index contributed by atoms with van der Waals surface area (Å²) in [6, 6.07) is 0. The molecule has 1 unspecified atom stereocenters. The molecule has 0 heterocycles. The second-order valence-electron chi connectivity index (χ2n) is 5.91. The molecule has 3 nitrogen and oxygen atoms in total. The van der Waals surface area contributed by atoms with Crippen LogP contribution in [0.1, 0.15) is 90.4 Å². The number of rotatable bonds is 15. The van der Waals surface area contributed by atoms with Gasteiger partial charge in [0.1, 0.15) is 0 Å². The molecule has 0 aromatic heterocycles. The van der Waals surface area contributed by atoms with Crippen LogP contribution in [0, 0.1) is 35.6 Å². The van der Waals surface area contributed by atoms with Crippen molar-refractivity contribution in [3.8, 4) is 0 Å². The molecule has 0 aliphatic rings. The number of aliphatic hydroxyl groups excluding tert-OH is 1. The van der Waals surface area contributed by atoms with Gasteiger partial charge in [-0.15, -0.1) is 0 Å². The number of hydrogen-bond donors (Lipinski definition) is 2. The molecule has 0 saturated carbocycles. The van der Waals surface area contributed by atoms with E-state index in [9.17, 15) is 9.90 Å². The van der Waals surface area contributed by atoms with Crippen LogP contribution in [0.4, 0.5) is 0 Å². The van der Waals surface area contributed by atoms with Crippen molar-refractivity contribution in [3.05, 3.63) is 12.2 Å². The molecule has 127 valence electrons. The molecular weight excluding hydrogens is 403 g/mol. The van der Waals surface area contributed by atoms with Crippen LogP contribution in [0.2, 0.25) is 0 Å². The van der Waals surface area contributed by atoms with Crippen LogP contribution in [-0.4, -0.2) is 22.3 Å². The van der Waals surface area contributed by atoms with E-state index in [0.29, 0.717) is 6.42 Å². The van der Waals surface area contributed by atoms with Crippen molar-refractivity contribution < 1.29 is 50.6 Å². The first-order chi connectivity index (χ1) is 10.2. The molecule has 0 spiro atoms. The third-order valence-corrected chi connectivity index (χ3v) is 3.73. The molecule has 0 aromatic carbocycles. The maximum absolute atomic E-state index is 10.3. The Labute approximate surface area is 164 Å². The second kappa shape index (κ2) is 19.4. The SMILES string of the molecule is CCCCCCC(O)C/C=C\CCCCCCCC(=O)O.[La]. The zero-order valence-corrected chi connectivity index (χ0v) is 17.9. The molecule has 0 aromatic rings. The standard InChI is InChI=1S/C18H34O3.La/c1-2-3-4-11-14-17(19)15-12-9-7-5-6-8-10-13-16-18(20)21;/h9,12,17,19H,2-8,10-11,13-16H2,1H3,(H,20,21);/b12-9-;. The molecule has 1 atom stereocenters. The molecule has 0 amide bonds. The number of hydrogen-bond acceptors (Lipinski definition) is 2. The number of aliphatic carboxylic acids is 1. The number of unbranched alkanes of at least 4 members (excludes halogenated alkanes) is 8. The van der Waals surface area contributed by atoms with Crippen molar-refractivity contribution in [1.82, 2.24) is 0 Å². The summed E-state index contributed by atoms with van der Waals surface area (Å²) in [6.07, 6.45) is 17.4. The molecule has 22 heavy (non-hydrogen) atoms. The fraction of sp³-hybridized carbons (Fsp3) is 0.833. The number of carboxylic acid groups (broad SMARTS) is 1. The van der Waals surface area contributed by atoms with E-state index in [1.165, 1.54) is 25.7 Å². The Morgan fingerprint density at radius 2 is 1.59 bits per heavy atom. The molecule has 0 bridgehead atoms. The first kappa shape index (κ1) is 24.6. The van der Waals surface area contributed by atoms with E-state index in [0.717, 1.165) is 51.4 Å². The summed E-state index contributed by atoms with van der Waals surface area (Å²) in [5.74, 6) is -0.689. The largest absolute Gasteiger partial charge is 0.481 e. The third kappa shape index (κ3) is 20.4. The molecule has 0 saturated heterocycles. The first-order valence-electron chi connectivity index (χ1n) is 8.71. The summed E-state index contributed by atoms with van der Waals surface area (Å²) in [5.41, 5.74) is 0. The van der Waals surface area contributed by atoms with Gasteiger partial charge in [-0.1, -0.05) is 64.0 Å². The zero-order valence-electron chi connectivity index (χ0n) is 14.3. The smallest absolute Gasteiger partial charge is 0.303 e. The van der Waals surface area contributed by atoms with Gasteiger partial charge < -0.3 is 10.2 Å². The Hall–Kier alpha value is 0.365. The Morgan fingerprint density at radius 1 is 0.955 bits per heavy atom. The van der Waals surface area contributed by atoms with Gasteiger partial charge in [-0.3, -0.25) is 4.79 Å². The summed E-state index contributed by atoms with van der Waals surface area (Å²) < 4.78 is 0. The van der Waals surface area contributed by atoms with Crippen molar-refractivity contribution >= 4 is 5.97 Å². The zero-order chi connectivity index (χ0) is 15.8. The van der Waals surface area contributed by atoms with Crippen LogP contribution in [0.5, 0.6) is 0 Å². The molecule has 1 radical (unpaired) electrons. The molecule has 0 fully saturated rings. The van der Waals surface area contributed by atoms with Crippen LogP contribution in [0.15, 0.2) is 12.2 Å². The fourth-order valence-corrected chi connectivity index (χ4v) is 2.36. The van der Waals surface area contributed by atoms with Crippen molar-refractivity contribution in [2.45, 2.75) is 96.5 Å².